The Morgan fingerprint density at radius 2 is 1.64 bits per heavy atom. The van der Waals surface area contributed by atoms with Crippen molar-refractivity contribution in [3.8, 4) is 39.9 Å². The summed E-state index contributed by atoms with van der Waals surface area (Å²) in [6.45, 7) is 1.64. The number of aryl methyl sites for hydroxylation is 1. The zero-order chi connectivity index (χ0) is 23.0. The van der Waals surface area contributed by atoms with Crippen molar-refractivity contribution >= 4 is 5.82 Å². The van der Waals surface area contributed by atoms with Crippen LogP contribution in [0.3, 0.4) is 0 Å². The van der Waals surface area contributed by atoms with Crippen LogP contribution in [0.25, 0.3) is 22.6 Å². The molecule has 2 heterocycles. The molecular formula is C25H27N5O3. The predicted octanol–water partition coefficient (Wildman–Crippen LogP) is 4.54. The van der Waals surface area contributed by atoms with E-state index in [1.54, 1.807) is 27.5 Å². The minimum atomic E-state index is 0.541. The number of nitrogens with zero attached hydrogens (tertiary/aromatic N) is 4. The highest BCUT2D eigenvalue weighted by molar-refractivity contribution is 5.72. The van der Waals surface area contributed by atoms with Crippen LogP contribution in [-0.4, -0.2) is 47.4 Å². The van der Waals surface area contributed by atoms with Gasteiger partial charge >= 0.3 is 0 Å². The molecule has 170 valence electrons. The van der Waals surface area contributed by atoms with Crippen LogP contribution in [0.2, 0.25) is 0 Å². The average Bonchev–Trinajstić information content (AvgIpc) is 3.39. The summed E-state index contributed by atoms with van der Waals surface area (Å²) < 4.78 is 18.6. The maximum atomic E-state index is 5.53. The minimum absolute atomic E-state index is 0.541. The Labute approximate surface area is 193 Å². The Morgan fingerprint density at radius 3 is 2.27 bits per heavy atom. The Kier molecular flexibility index (Phi) is 7.04. The van der Waals surface area contributed by atoms with Gasteiger partial charge in [0.25, 0.3) is 0 Å². The molecule has 4 aromatic rings. The molecule has 0 aliphatic heterocycles. The van der Waals surface area contributed by atoms with E-state index in [0.717, 1.165) is 42.1 Å². The number of rotatable bonds is 10. The highest BCUT2D eigenvalue weighted by Crippen LogP contribution is 2.41. The summed E-state index contributed by atoms with van der Waals surface area (Å²) in [5.41, 5.74) is 2.53. The molecule has 0 bridgehead atoms. The average molecular weight is 446 g/mol. The highest BCUT2D eigenvalue weighted by Gasteiger charge is 2.16. The fraction of sp³-hybridized carbons (Fsp3) is 0.240. The second-order valence-corrected chi connectivity index (χ2v) is 7.32. The van der Waals surface area contributed by atoms with Crippen LogP contribution in [0.4, 0.5) is 5.82 Å². The van der Waals surface area contributed by atoms with E-state index in [4.69, 9.17) is 24.2 Å². The van der Waals surface area contributed by atoms with Gasteiger partial charge in [-0.25, -0.2) is 15.0 Å². The number of imidazole rings is 1. The fourth-order valence-corrected chi connectivity index (χ4v) is 3.53. The lowest BCUT2D eigenvalue weighted by Crippen LogP contribution is -2.08. The normalized spacial score (nSPS) is 10.6. The molecule has 8 nitrogen and oxygen atoms in total. The van der Waals surface area contributed by atoms with Gasteiger partial charge in [-0.05, 0) is 18.6 Å². The first-order valence-electron chi connectivity index (χ1n) is 10.7. The number of aromatic nitrogens is 4. The first kappa shape index (κ1) is 22.1. The molecule has 0 unspecified atom stereocenters. The second kappa shape index (κ2) is 10.5. The molecule has 33 heavy (non-hydrogen) atoms. The fourth-order valence-electron chi connectivity index (χ4n) is 3.53. The quantitative estimate of drug-likeness (QED) is 0.359. The second-order valence-electron chi connectivity index (χ2n) is 7.32. The van der Waals surface area contributed by atoms with E-state index in [-0.39, 0.29) is 0 Å². The lowest BCUT2D eigenvalue weighted by Gasteiger charge is -2.15. The van der Waals surface area contributed by atoms with E-state index in [0.29, 0.717) is 23.1 Å². The van der Waals surface area contributed by atoms with E-state index in [9.17, 15) is 0 Å². The van der Waals surface area contributed by atoms with E-state index in [1.165, 1.54) is 0 Å². The number of nitrogens with one attached hydrogen (secondary N) is 1. The maximum Gasteiger partial charge on any atom is 0.203 e. The molecule has 4 rings (SSSR count). The van der Waals surface area contributed by atoms with Crippen molar-refractivity contribution in [2.24, 2.45) is 0 Å². The summed E-state index contributed by atoms with van der Waals surface area (Å²) >= 11 is 0. The topological polar surface area (TPSA) is 83.3 Å². The van der Waals surface area contributed by atoms with Crippen molar-refractivity contribution in [2.75, 3.05) is 33.2 Å². The molecule has 1 N–H and O–H groups in total. The monoisotopic (exact) mass is 445 g/mol. The van der Waals surface area contributed by atoms with Gasteiger partial charge in [-0.15, -0.1) is 0 Å². The van der Waals surface area contributed by atoms with Crippen LogP contribution in [0, 0.1) is 0 Å². The third-order valence-corrected chi connectivity index (χ3v) is 5.18. The Balaban J connectivity index is 1.67. The van der Waals surface area contributed by atoms with Crippen LogP contribution < -0.4 is 19.5 Å². The van der Waals surface area contributed by atoms with Crippen molar-refractivity contribution in [1.29, 1.82) is 0 Å². The number of hydrogen-bond donors (Lipinski definition) is 1. The lowest BCUT2D eigenvalue weighted by molar-refractivity contribution is 0.324. The molecule has 0 amide bonds. The molecule has 0 saturated carbocycles. The third kappa shape index (κ3) is 5.23. The van der Waals surface area contributed by atoms with Crippen molar-refractivity contribution < 1.29 is 14.2 Å². The zero-order valence-corrected chi connectivity index (χ0v) is 19.0. The highest BCUT2D eigenvalue weighted by atomic mass is 16.5. The summed E-state index contributed by atoms with van der Waals surface area (Å²) in [4.78, 5) is 13.7. The van der Waals surface area contributed by atoms with Crippen LogP contribution in [0.1, 0.15) is 6.42 Å². The molecule has 0 aliphatic carbocycles. The maximum absolute atomic E-state index is 5.53. The standard InChI is InChI=1S/C25H27N5O3/c1-31-21-14-19(15-22(32-2)24(21)33-3)20-16-23(27-10-7-12-30-13-11-26-17-30)29-25(28-20)18-8-5-4-6-9-18/h4-6,8-9,11,13-17H,7,10,12H2,1-3H3,(H,27,28,29). The predicted molar refractivity (Wildman–Crippen MR) is 128 cm³/mol. The van der Waals surface area contributed by atoms with Gasteiger partial charge in [-0.3, -0.25) is 0 Å². The third-order valence-electron chi connectivity index (χ3n) is 5.18. The Hall–Kier alpha value is -4.07. The summed E-state index contributed by atoms with van der Waals surface area (Å²) in [6.07, 6.45) is 6.50. The van der Waals surface area contributed by atoms with Gasteiger partial charge < -0.3 is 24.1 Å². The minimum Gasteiger partial charge on any atom is -0.493 e. The first-order valence-corrected chi connectivity index (χ1v) is 10.7. The molecule has 0 saturated heterocycles. The summed E-state index contributed by atoms with van der Waals surface area (Å²) in [5, 5.41) is 3.44. The Bertz CT molecular complexity index is 1160. The number of hydrogen-bond acceptors (Lipinski definition) is 7. The molecule has 8 heteroatoms. The molecule has 0 spiro atoms. The molecule has 0 atom stereocenters. The smallest absolute Gasteiger partial charge is 0.203 e. The molecule has 0 radical (unpaired) electrons. The van der Waals surface area contributed by atoms with Crippen LogP contribution in [0.15, 0.2) is 67.3 Å². The van der Waals surface area contributed by atoms with E-state index in [2.05, 4.69) is 14.9 Å². The molecule has 0 aliphatic rings. The van der Waals surface area contributed by atoms with E-state index >= 15 is 0 Å². The van der Waals surface area contributed by atoms with Crippen LogP contribution >= 0.6 is 0 Å². The van der Waals surface area contributed by atoms with Crippen LogP contribution in [0.5, 0.6) is 17.2 Å². The van der Waals surface area contributed by atoms with Gasteiger partial charge in [-0.2, -0.15) is 0 Å². The first-order chi connectivity index (χ1) is 16.2. The van der Waals surface area contributed by atoms with Crippen molar-refractivity contribution in [1.82, 2.24) is 19.5 Å². The summed E-state index contributed by atoms with van der Waals surface area (Å²) in [5.74, 6) is 3.07. The van der Waals surface area contributed by atoms with Gasteiger partial charge in [0.15, 0.2) is 17.3 Å². The Morgan fingerprint density at radius 1 is 0.879 bits per heavy atom. The van der Waals surface area contributed by atoms with Gasteiger partial charge in [0.1, 0.15) is 5.82 Å². The van der Waals surface area contributed by atoms with Crippen molar-refractivity contribution in [3.05, 3.63) is 67.3 Å². The van der Waals surface area contributed by atoms with Gasteiger partial charge in [0, 0.05) is 42.7 Å². The number of benzene rings is 2. The van der Waals surface area contributed by atoms with Crippen molar-refractivity contribution in [3.63, 3.8) is 0 Å². The largest absolute Gasteiger partial charge is 0.493 e. The molecule has 0 fully saturated rings. The van der Waals surface area contributed by atoms with E-state index in [1.807, 2.05) is 61.1 Å². The van der Waals surface area contributed by atoms with Gasteiger partial charge in [-0.1, -0.05) is 30.3 Å². The number of methoxy groups -OCH3 is 3. The van der Waals surface area contributed by atoms with Gasteiger partial charge in [0.05, 0.1) is 33.4 Å². The molecule has 2 aromatic carbocycles. The summed E-state index contributed by atoms with van der Waals surface area (Å²) in [7, 11) is 4.79. The molecule has 2 aromatic heterocycles. The summed E-state index contributed by atoms with van der Waals surface area (Å²) in [6, 6.07) is 15.6. The lowest BCUT2D eigenvalue weighted by atomic mass is 10.1. The zero-order valence-electron chi connectivity index (χ0n) is 19.0. The SMILES string of the molecule is COc1cc(-c2cc(NCCCn3ccnc3)nc(-c3ccccc3)n2)cc(OC)c1OC. The van der Waals surface area contributed by atoms with Crippen LogP contribution in [-0.2, 0) is 6.54 Å². The number of ether oxygens (including phenoxy) is 3. The van der Waals surface area contributed by atoms with E-state index < -0.39 is 0 Å². The van der Waals surface area contributed by atoms with Gasteiger partial charge in [0.2, 0.25) is 5.75 Å². The van der Waals surface area contributed by atoms with Crippen molar-refractivity contribution in [2.45, 2.75) is 13.0 Å². The number of anilines is 1. The molecular weight excluding hydrogens is 418 g/mol.